The van der Waals surface area contributed by atoms with Gasteiger partial charge < -0.3 is 10.4 Å². The van der Waals surface area contributed by atoms with Crippen molar-refractivity contribution in [3.63, 3.8) is 0 Å². The van der Waals surface area contributed by atoms with Gasteiger partial charge in [-0.15, -0.1) is 0 Å². The molecule has 1 aromatic carbocycles. The molecule has 1 aromatic rings. The molecule has 1 amide bonds. The van der Waals surface area contributed by atoms with Crippen LogP contribution in [0.4, 0.5) is 4.39 Å². The van der Waals surface area contributed by atoms with Crippen LogP contribution in [0.25, 0.3) is 0 Å². The van der Waals surface area contributed by atoms with Crippen molar-refractivity contribution in [3.05, 3.63) is 34.6 Å². The van der Waals surface area contributed by atoms with E-state index in [4.69, 9.17) is 16.7 Å². The molecule has 0 aromatic heterocycles. The largest absolute Gasteiger partial charge is 0.481 e. The second-order valence-corrected chi connectivity index (χ2v) is 5.40. The van der Waals surface area contributed by atoms with E-state index >= 15 is 0 Å². The first kappa shape index (κ1) is 14.8. The summed E-state index contributed by atoms with van der Waals surface area (Å²) in [4.78, 5) is 22.8. The number of rotatable bonds is 3. The number of nitrogens with one attached hydrogen (secondary N) is 1. The minimum Gasteiger partial charge on any atom is -0.481 e. The Morgan fingerprint density at radius 2 is 1.90 bits per heavy atom. The van der Waals surface area contributed by atoms with Crippen molar-refractivity contribution in [2.45, 2.75) is 31.7 Å². The third kappa shape index (κ3) is 3.48. The number of hydrogen-bond donors (Lipinski definition) is 2. The highest BCUT2D eigenvalue weighted by atomic mass is 35.5. The summed E-state index contributed by atoms with van der Waals surface area (Å²) in [5.74, 6) is -1.97. The van der Waals surface area contributed by atoms with E-state index in [1.165, 1.54) is 12.1 Å². The summed E-state index contributed by atoms with van der Waals surface area (Å²) < 4.78 is 13.0. The maximum atomic E-state index is 13.0. The number of carboxylic acids is 1. The molecule has 108 valence electrons. The Kier molecular flexibility index (Phi) is 4.60. The Labute approximate surface area is 120 Å². The molecule has 0 unspecified atom stereocenters. The summed E-state index contributed by atoms with van der Waals surface area (Å²) in [7, 11) is 0. The number of carboxylic acid groups (broad SMARTS) is 1. The number of hydrogen-bond acceptors (Lipinski definition) is 2. The lowest BCUT2D eigenvalue weighted by atomic mass is 9.86. The second-order valence-electron chi connectivity index (χ2n) is 4.99. The summed E-state index contributed by atoms with van der Waals surface area (Å²) in [6.07, 6.45) is 2.39. The van der Waals surface area contributed by atoms with Crippen LogP contribution in [0.5, 0.6) is 0 Å². The highest BCUT2D eigenvalue weighted by Gasteiger charge is 2.26. The standard InChI is InChI=1S/C14H15ClFNO3/c15-11-7-9(3-6-12(11)16)13(18)17-10-4-1-8(2-5-10)14(19)20/h3,6-8,10H,1-2,4-5H2,(H,17,18)(H,19,20). The zero-order valence-corrected chi connectivity index (χ0v) is 11.5. The zero-order valence-electron chi connectivity index (χ0n) is 10.7. The van der Waals surface area contributed by atoms with Crippen molar-refractivity contribution in [1.82, 2.24) is 5.32 Å². The van der Waals surface area contributed by atoms with Crippen LogP contribution < -0.4 is 5.32 Å². The number of benzene rings is 1. The molecule has 0 atom stereocenters. The van der Waals surface area contributed by atoms with Crippen LogP contribution in [0.1, 0.15) is 36.0 Å². The number of halogens is 2. The van der Waals surface area contributed by atoms with Gasteiger partial charge in [0.2, 0.25) is 0 Å². The first-order valence-corrected chi connectivity index (χ1v) is 6.84. The molecule has 4 nitrogen and oxygen atoms in total. The zero-order chi connectivity index (χ0) is 14.7. The van der Waals surface area contributed by atoms with Crippen LogP contribution >= 0.6 is 11.6 Å². The highest BCUT2D eigenvalue weighted by Crippen LogP contribution is 2.25. The van der Waals surface area contributed by atoms with E-state index < -0.39 is 11.8 Å². The molecule has 1 aliphatic rings. The van der Waals surface area contributed by atoms with Crippen molar-refractivity contribution < 1.29 is 19.1 Å². The number of carbonyl (C=O) groups is 2. The molecule has 2 N–H and O–H groups in total. The topological polar surface area (TPSA) is 66.4 Å². The average molecular weight is 300 g/mol. The van der Waals surface area contributed by atoms with Gasteiger partial charge in [0.05, 0.1) is 10.9 Å². The lowest BCUT2D eigenvalue weighted by Gasteiger charge is -2.26. The van der Waals surface area contributed by atoms with E-state index in [1.807, 2.05) is 0 Å². The summed E-state index contributed by atoms with van der Waals surface area (Å²) in [6.45, 7) is 0. The van der Waals surface area contributed by atoms with Crippen LogP contribution in [0.2, 0.25) is 5.02 Å². The maximum Gasteiger partial charge on any atom is 0.306 e. The van der Waals surface area contributed by atoms with Gasteiger partial charge in [-0.2, -0.15) is 0 Å². The van der Waals surface area contributed by atoms with Gasteiger partial charge in [-0.3, -0.25) is 9.59 Å². The third-order valence-corrected chi connectivity index (χ3v) is 3.88. The van der Waals surface area contributed by atoms with Gasteiger partial charge in [-0.1, -0.05) is 11.6 Å². The molecule has 20 heavy (non-hydrogen) atoms. The summed E-state index contributed by atoms with van der Waals surface area (Å²) in [5, 5.41) is 11.6. The van der Waals surface area contributed by atoms with E-state index in [9.17, 15) is 14.0 Å². The van der Waals surface area contributed by atoms with Gasteiger partial charge in [0.25, 0.3) is 5.91 Å². The molecule has 1 fully saturated rings. The Balaban J connectivity index is 1.92. The van der Waals surface area contributed by atoms with E-state index in [1.54, 1.807) is 0 Å². The summed E-state index contributed by atoms with van der Waals surface area (Å²) >= 11 is 5.63. The Morgan fingerprint density at radius 1 is 1.25 bits per heavy atom. The third-order valence-electron chi connectivity index (χ3n) is 3.59. The van der Waals surface area contributed by atoms with Crippen LogP contribution in [0, 0.1) is 11.7 Å². The molecular formula is C14H15ClFNO3. The molecular weight excluding hydrogens is 285 g/mol. The van der Waals surface area contributed by atoms with Crippen LogP contribution in [0.3, 0.4) is 0 Å². The summed E-state index contributed by atoms with van der Waals surface area (Å²) in [5.41, 5.74) is 0.303. The molecule has 0 heterocycles. The maximum absolute atomic E-state index is 13.0. The first-order valence-electron chi connectivity index (χ1n) is 6.46. The van der Waals surface area contributed by atoms with Gasteiger partial charge in [-0.05, 0) is 43.9 Å². The minimum absolute atomic E-state index is 0.0399. The fraction of sp³-hybridized carbons (Fsp3) is 0.429. The van der Waals surface area contributed by atoms with Gasteiger partial charge in [0.1, 0.15) is 5.82 Å². The molecule has 0 bridgehead atoms. The number of carbonyl (C=O) groups excluding carboxylic acids is 1. The molecule has 0 aliphatic heterocycles. The molecule has 2 rings (SSSR count). The van der Waals surface area contributed by atoms with Gasteiger partial charge in [0, 0.05) is 11.6 Å². The molecule has 0 radical (unpaired) electrons. The van der Waals surface area contributed by atoms with E-state index in [0.717, 1.165) is 6.07 Å². The lowest BCUT2D eigenvalue weighted by molar-refractivity contribution is -0.142. The van der Waals surface area contributed by atoms with Crippen molar-refractivity contribution in [2.75, 3.05) is 0 Å². The molecule has 6 heteroatoms. The Hall–Kier alpha value is -1.62. The fourth-order valence-corrected chi connectivity index (χ4v) is 2.57. The average Bonchev–Trinajstić information content (AvgIpc) is 2.42. The Bertz CT molecular complexity index is 527. The normalized spacial score (nSPS) is 22.3. The predicted molar refractivity (Wildman–Crippen MR) is 72.3 cm³/mol. The fourth-order valence-electron chi connectivity index (χ4n) is 2.39. The quantitative estimate of drug-likeness (QED) is 0.902. The Morgan fingerprint density at radius 3 is 2.45 bits per heavy atom. The second kappa shape index (κ2) is 6.22. The van der Waals surface area contributed by atoms with E-state index in [-0.39, 0.29) is 22.9 Å². The first-order chi connectivity index (χ1) is 9.47. The molecule has 1 aliphatic carbocycles. The van der Waals surface area contributed by atoms with Crippen molar-refractivity contribution in [3.8, 4) is 0 Å². The lowest BCUT2D eigenvalue weighted by Crippen LogP contribution is -2.38. The highest BCUT2D eigenvalue weighted by molar-refractivity contribution is 6.31. The van der Waals surface area contributed by atoms with Gasteiger partial charge in [-0.25, -0.2) is 4.39 Å². The summed E-state index contributed by atoms with van der Waals surface area (Å²) in [6, 6.07) is 3.77. The monoisotopic (exact) mass is 299 g/mol. The van der Waals surface area contributed by atoms with Crippen molar-refractivity contribution >= 4 is 23.5 Å². The molecule has 1 saturated carbocycles. The predicted octanol–water partition coefficient (Wildman–Crippen LogP) is 2.85. The van der Waals surface area contributed by atoms with Gasteiger partial charge >= 0.3 is 5.97 Å². The molecule has 0 saturated heterocycles. The van der Waals surface area contributed by atoms with Crippen LogP contribution in [-0.2, 0) is 4.79 Å². The van der Waals surface area contributed by atoms with Crippen LogP contribution in [0.15, 0.2) is 18.2 Å². The van der Waals surface area contributed by atoms with E-state index in [0.29, 0.717) is 31.2 Å². The van der Waals surface area contributed by atoms with Crippen molar-refractivity contribution in [1.29, 1.82) is 0 Å². The van der Waals surface area contributed by atoms with Gasteiger partial charge in [0.15, 0.2) is 0 Å². The van der Waals surface area contributed by atoms with E-state index in [2.05, 4.69) is 5.32 Å². The SMILES string of the molecule is O=C(NC1CCC(C(=O)O)CC1)c1ccc(F)c(Cl)c1. The number of aliphatic carboxylic acids is 1. The van der Waals surface area contributed by atoms with Crippen molar-refractivity contribution in [2.24, 2.45) is 5.92 Å². The molecule has 0 spiro atoms. The number of amides is 1. The minimum atomic E-state index is -0.778. The smallest absolute Gasteiger partial charge is 0.306 e. The van der Waals surface area contributed by atoms with Crippen LogP contribution in [-0.4, -0.2) is 23.0 Å².